The maximum Gasteiger partial charge on any atom is 0.0345 e. The molecule has 0 aromatic rings. The van der Waals surface area contributed by atoms with Crippen molar-refractivity contribution in [2.75, 3.05) is 0 Å². The minimum absolute atomic E-state index is 1.13. The molecule has 0 saturated carbocycles. The van der Waals surface area contributed by atoms with E-state index in [1.165, 1.54) is 10.4 Å². The van der Waals surface area contributed by atoms with Gasteiger partial charge in [-0.3, -0.25) is 0 Å². The molecule has 0 fully saturated rings. The summed E-state index contributed by atoms with van der Waals surface area (Å²) in [6.07, 6.45) is 0. The lowest BCUT2D eigenvalue weighted by Crippen LogP contribution is -1.69. The molecule has 2 aliphatic rings. The molecular formula is C9H7S. The summed E-state index contributed by atoms with van der Waals surface area (Å²) in [4.78, 5) is 1.33. The average molecular weight is 147 g/mol. The number of fused-ring (bicyclic) bond motifs is 1. The van der Waals surface area contributed by atoms with Crippen molar-refractivity contribution >= 4 is 11.3 Å². The van der Waals surface area contributed by atoms with Crippen LogP contribution in [0.1, 0.15) is 5.56 Å². The number of hydrogen-bond donors (Lipinski definition) is 0. The molecule has 0 atom stereocenters. The first-order valence-electron chi connectivity index (χ1n) is 3.16. The van der Waals surface area contributed by atoms with E-state index in [0.717, 1.165) is 5.56 Å². The molecular weight excluding hydrogens is 140 g/mol. The van der Waals surface area contributed by atoms with Crippen LogP contribution in [0, 0.1) is 6.92 Å². The maximum absolute atomic E-state index is 3.92. The smallest absolute Gasteiger partial charge is 0.0345 e. The second kappa shape index (κ2) is 2.10. The highest BCUT2D eigenvalue weighted by Gasteiger charge is 2.03. The van der Waals surface area contributed by atoms with Gasteiger partial charge in [-0.15, -0.1) is 11.3 Å². The molecule has 0 unspecified atom stereocenters. The van der Waals surface area contributed by atoms with Gasteiger partial charge >= 0.3 is 0 Å². The summed E-state index contributed by atoms with van der Waals surface area (Å²) >= 11 is 1.76. The highest BCUT2D eigenvalue weighted by atomic mass is 32.1. The zero-order valence-electron chi connectivity index (χ0n) is 5.50. The predicted octanol–water partition coefficient (Wildman–Crippen LogP) is 3.04. The monoisotopic (exact) mass is 147 g/mol. The summed E-state index contributed by atoms with van der Waals surface area (Å²) in [5, 5.41) is 2.09. The topological polar surface area (TPSA) is 0 Å². The van der Waals surface area contributed by atoms with Crippen molar-refractivity contribution in [1.29, 1.82) is 0 Å². The van der Waals surface area contributed by atoms with Crippen LogP contribution in [0.2, 0.25) is 0 Å². The molecule has 1 heteroatoms. The van der Waals surface area contributed by atoms with E-state index >= 15 is 0 Å². The van der Waals surface area contributed by atoms with Crippen molar-refractivity contribution < 1.29 is 0 Å². The van der Waals surface area contributed by atoms with E-state index in [1.54, 1.807) is 11.3 Å². The third-order valence-corrected chi connectivity index (χ3v) is 2.49. The second-order valence-electron chi connectivity index (χ2n) is 2.25. The fourth-order valence-corrected chi connectivity index (χ4v) is 1.83. The molecule has 1 heterocycles. The van der Waals surface area contributed by atoms with Crippen LogP contribution >= 0.6 is 11.3 Å². The van der Waals surface area contributed by atoms with Crippen molar-refractivity contribution in [3.8, 4) is 10.4 Å². The Morgan fingerprint density at radius 3 is 2.90 bits per heavy atom. The lowest BCUT2D eigenvalue weighted by atomic mass is 10.2. The molecule has 0 amide bonds. The Bertz CT molecular complexity index is 309. The summed E-state index contributed by atoms with van der Waals surface area (Å²) in [5.74, 6) is 0. The molecule has 0 spiro atoms. The number of rotatable bonds is 0. The summed E-state index contributed by atoms with van der Waals surface area (Å²) in [7, 11) is 0. The van der Waals surface area contributed by atoms with E-state index in [4.69, 9.17) is 0 Å². The van der Waals surface area contributed by atoms with Gasteiger partial charge in [-0.25, -0.2) is 0 Å². The van der Waals surface area contributed by atoms with Crippen molar-refractivity contribution in [1.82, 2.24) is 0 Å². The Hall–Kier alpha value is -0.820. The Labute approximate surface area is 64.5 Å². The summed E-state index contributed by atoms with van der Waals surface area (Å²) in [5.41, 5.74) is 2.42. The van der Waals surface area contributed by atoms with Crippen molar-refractivity contribution in [2.24, 2.45) is 0 Å². The van der Waals surface area contributed by atoms with E-state index in [2.05, 4.69) is 36.6 Å². The van der Waals surface area contributed by atoms with E-state index < -0.39 is 0 Å². The van der Waals surface area contributed by atoms with Gasteiger partial charge in [-0.2, -0.15) is 0 Å². The van der Waals surface area contributed by atoms with Crippen LogP contribution in [0.15, 0.2) is 29.6 Å². The zero-order valence-corrected chi connectivity index (χ0v) is 6.32. The van der Waals surface area contributed by atoms with Crippen molar-refractivity contribution in [2.45, 2.75) is 0 Å². The Kier molecular flexibility index (Phi) is 1.24. The van der Waals surface area contributed by atoms with Crippen LogP contribution < -0.4 is 0 Å². The van der Waals surface area contributed by atoms with Crippen LogP contribution in [0.5, 0.6) is 0 Å². The van der Waals surface area contributed by atoms with E-state index in [1.807, 2.05) is 0 Å². The normalized spacial score (nSPS) is 10.5. The third kappa shape index (κ3) is 0.745. The Balaban J connectivity index is 2.78. The zero-order chi connectivity index (χ0) is 6.97. The molecule has 0 N–H and O–H groups in total. The lowest BCUT2D eigenvalue weighted by molar-refractivity contribution is 1.74. The molecule has 0 nitrogen and oxygen atoms in total. The lowest BCUT2D eigenvalue weighted by Gasteiger charge is -1.95. The maximum atomic E-state index is 3.92. The standard InChI is InChI=1S/C9H7S/c1-7-4-5-9-8(7)3-2-6-10-9/h2-6H,1H2. The predicted molar refractivity (Wildman–Crippen MR) is 45.4 cm³/mol. The van der Waals surface area contributed by atoms with Gasteiger partial charge in [0.25, 0.3) is 0 Å². The van der Waals surface area contributed by atoms with Crippen LogP contribution in [0.3, 0.4) is 0 Å². The molecule has 0 aromatic heterocycles. The molecule has 0 bridgehead atoms. The molecule has 10 heavy (non-hydrogen) atoms. The van der Waals surface area contributed by atoms with Gasteiger partial charge in [0.05, 0.1) is 0 Å². The molecule has 2 rings (SSSR count). The minimum Gasteiger partial charge on any atom is -0.144 e. The first-order chi connectivity index (χ1) is 4.88. The van der Waals surface area contributed by atoms with Crippen LogP contribution in [0.25, 0.3) is 10.4 Å². The first-order valence-corrected chi connectivity index (χ1v) is 4.04. The van der Waals surface area contributed by atoms with Gasteiger partial charge in [0.15, 0.2) is 0 Å². The Morgan fingerprint density at radius 2 is 2.10 bits per heavy atom. The SMILES string of the molecule is [CH2]c1ccc2scccc1-2. The van der Waals surface area contributed by atoms with E-state index in [-0.39, 0.29) is 0 Å². The number of hydrogen-bond acceptors (Lipinski definition) is 1. The Morgan fingerprint density at radius 1 is 1.20 bits per heavy atom. The summed E-state index contributed by atoms with van der Waals surface area (Å²) in [6, 6.07) is 8.33. The molecule has 0 aromatic carbocycles. The van der Waals surface area contributed by atoms with Gasteiger partial charge in [0.1, 0.15) is 0 Å². The van der Waals surface area contributed by atoms with Gasteiger partial charge in [-0.1, -0.05) is 18.2 Å². The highest BCUT2D eigenvalue weighted by molar-refractivity contribution is 7.13. The van der Waals surface area contributed by atoms with Crippen LogP contribution in [-0.4, -0.2) is 0 Å². The van der Waals surface area contributed by atoms with Crippen LogP contribution in [-0.2, 0) is 0 Å². The van der Waals surface area contributed by atoms with Crippen molar-refractivity contribution in [3.05, 3.63) is 42.1 Å². The minimum atomic E-state index is 1.13. The van der Waals surface area contributed by atoms with Gasteiger partial charge in [0.2, 0.25) is 0 Å². The summed E-state index contributed by atoms with van der Waals surface area (Å²) < 4.78 is 0. The van der Waals surface area contributed by atoms with Crippen LogP contribution in [0.4, 0.5) is 0 Å². The molecule has 1 aliphatic carbocycles. The fourth-order valence-electron chi connectivity index (χ4n) is 1.05. The molecule has 1 radical (unpaired) electrons. The average Bonchev–Trinajstić information content (AvgIpc) is 2.34. The van der Waals surface area contributed by atoms with E-state index in [9.17, 15) is 0 Å². The molecule has 0 saturated heterocycles. The van der Waals surface area contributed by atoms with Gasteiger partial charge in [-0.05, 0) is 29.5 Å². The second-order valence-corrected chi connectivity index (χ2v) is 3.20. The third-order valence-electron chi connectivity index (χ3n) is 1.58. The van der Waals surface area contributed by atoms with Crippen molar-refractivity contribution in [3.63, 3.8) is 0 Å². The fraction of sp³-hybridized carbons (Fsp3) is 0. The van der Waals surface area contributed by atoms with Gasteiger partial charge in [0, 0.05) is 4.88 Å². The largest absolute Gasteiger partial charge is 0.144 e. The summed E-state index contributed by atoms with van der Waals surface area (Å²) in [6.45, 7) is 3.92. The van der Waals surface area contributed by atoms with E-state index in [0.29, 0.717) is 0 Å². The highest BCUT2D eigenvalue weighted by Crippen LogP contribution is 2.29. The molecule has 1 aliphatic heterocycles. The van der Waals surface area contributed by atoms with Gasteiger partial charge < -0.3 is 0 Å². The molecule has 49 valence electrons. The quantitative estimate of drug-likeness (QED) is 0.537. The first kappa shape index (κ1) is 5.93.